The molecule has 0 aromatic carbocycles. The molecule has 0 saturated carbocycles. The molecule has 0 unspecified atom stereocenters. The minimum Gasteiger partial charge on any atom is -0.459 e. The molecule has 1 aromatic rings. The highest BCUT2D eigenvalue weighted by molar-refractivity contribution is 5.76. The van der Waals surface area contributed by atoms with Crippen LogP contribution in [0.4, 0.5) is 8.78 Å². The van der Waals surface area contributed by atoms with E-state index < -0.39 is 12.1 Å². The van der Waals surface area contributed by atoms with Crippen LogP contribution in [0, 0.1) is 13.8 Å². The normalized spacial score (nSPS) is 11.4. The summed E-state index contributed by atoms with van der Waals surface area (Å²) in [6.45, 7) is 4.39. The van der Waals surface area contributed by atoms with Gasteiger partial charge in [0.05, 0.1) is 12.3 Å². The van der Waals surface area contributed by atoms with E-state index in [0.29, 0.717) is 5.69 Å². The van der Waals surface area contributed by atoms with E-state index in [1.807, 2.05) is 0 Å². The zero-order valence-electron chi connectivity index (χ0n) is 10.1. The fraction of sp³-hybridized carbons (Fsp3) is 0.600. The van der Waals surface area contributed by atoms with Crippen LogP contribution in [-0.2, 0) is 16.6 Å². The Hall–Kier alpha value is -1.66. The molecule has 0 atom stereocenters. The maximum absolute atomic E-state index is 13.3. The highest BCUT2D eigenvalue weighted by Gasteiger charge is 2.45. The molecule has 17 heavy (non-hydrogen) atoms. The standard InChI is InChI=1S/C10H14F2N2O3/c1-5-16-9(15)10(11,12)17-8-6(2)13-14(4)7(8)3/h5H2,1-4H3. The van der Waals surface area contributed by atoms with Crippen molar-refractivity contribution in [1.82, 2.24) is 9.78 Å². The molecule has 0 spiro atoms. The Balaban J connectivity index is 2.93. The molecular weight excluding hydrogens is 234 g/mol. The molecule has 0 N–H and O–H groups in total. The summed E-state index contributed by atoms with van der Waals surface area (Å²) in [5.41, 5.74) is 0.695. The number of halogens is 2. The van der Waals surface area contributed by atoms with E-state index >= 15 is 0 Å². The third-order valence-corrected chi connectivity index (χ3v) is 2.19. The lowest BCUT2D eigenvalue weighted by atomic mass is 10.3. The molecule has 1 heterocycles. The fourth-order valence-electron chi connectivity index (χ4n) is 1.29. The van der Waals surface area contributed by atoms with E-state index in [1.165, 1.54) is 18.5 Å². The van der Waals surface area contributed by atoms with E-state index in [-0.39, 0.29) is 18.1 Å². The lowest BCUT2D eigenvalue weighted by Crippen LogP contribution is -2.37. The quantitative estimate of drug-likeness (QED) is 0.759. The first-order chi connectivity index (χ1) is 7.79. The van der Waals surface area contributed by atoms with Crippen LogP contribution in [0.5, 0.6) is 5.75 Å². The van der Waals surface area contributed by atoms with Crippen LogP contribution in [0.15, 0.2) is 0 Å². The van der Waals surface area contributed by atoms with Crippen LogP contribution < -0.4 is 4.74 Å². The number of ether oxygens (including phenoxy) is 2. The minimum absolute atomic E-state index is 0.106. The van der Waals surface area contributed by atoms with Crippen molar-refractivity contribution in [1.29, 1.82) is 0 Å². The molecule has 5 nitrogen and oxygen atoms in total. The summed E-state index contributed by atoms with van der Waals surface area (Å²) in [6.07, 6.45) is -4.01. The smallest absolute Gasteiger partial charge is 0.459 e. The number of hydrogen-bond donors (Lipinski definition) is 0. The third-order valence-electron chi connectivity index (χ3n) is 2.19. The minimum atomic E-state index is -4.01. The van der Waals surface area contributed by atoms with Crippen LogP contribution in [0.1, 0.15) is 18.3 Å². The second kappa shape index (κ2) is 4.68. The van der Waals surface area contributed by atoms with Crippen LogP contribution >= 0.6 is 0 Å². The lowest BCUT2D eigenvalue weighted by Gasteiger charge is -2.15. The van der Waals surface area contributed by atoms with Crippen molar-refractivity contribution in [3.63, 3.8) is 0 Å². The Kier molecular flexibility index (Phi) is 3.69. The molecule has 0 bridgehead atoms. The number of carbonyl (C=O) groups is 1. The maximum Gasteiger partial charge on any atom is 0.502 e. The Morgan fingerprint density at radius 3 is 2.47 bits per heavy atom. The SMILES string of the molecule is CCOC(=O)C(F)(F)Oc1c(C)nn(C)c1C. The fourth-order valence-corrected chi connectivity index (χ4v) is 1.29. The number of rotatable bonds is 4. The number of nitrogens with zero attached hydrogens (tertiary/aromatic N) is 2. The second-order valence-corrected chi connectivity index (χ2v) is 3.46. The maximum atomic E-state index is 13.3. The molecule has 1 aromatic heterocycles. The van der Waals surface area contributed by atoms with Gasteiger partial charge in [-0.1, -0.05) is 0 Å². The van der Waals surface area contributed by atoms with Crippen molar-refractivity contribution in [3.8, 4) is 5.75 Å². The van der Waals surface area contributed by atoms with Gasteiger partial charge < -0.3 is 9.47 Å². The van der Waals surface area contributed by atoms with E-state index in [4.69, 9.17) is 0 Å². The topological polar surface area (TPSA) is 53.4 Å². The van der Waals surface area contributed by atoms with Gasteiger partial charge in [-0.3, -0.25) is 4.68 Å². The highest BCUT2D eigenvalue weighted by Crippen LogP contribution is 2.28. The third kappa shape index (κ3) is 2.72. The molecular formula is C10H14F2N2O3. The summed E-state index contributed by atoms with van der Waals surface area (Å²) in [5, 5.41) is 3.91. The number of aromatic nitrogens is 2. The van der Waals surface area contributed by atoms with Crippen LogP contribution in [-0.4, -0.2) is 28.5 Å². The first kappa shape index (κ1) is 13.4. The van der Waals surface area contributed by atoms with Crippen molar-refractivity contribution in [2.45, 2.75) is 26.9 Å². The number of aryl methyl sites for hydroxylation is 2. The molecule has 0 saturated heterocycles. The molecule has 0 aliphatic heterocycles. The average Bonchev–Trinajstić information content (AvgIpc) is 2.45. The molecule has 0 fully saturated rings. The molecule has 96 valence electrons. The van der Waals surface area contributed by atoms with Gasteiger partial charge in [-0.2, -0.15) is 13.9 Å². The number of esters is 1. The molecule has 0 radical (unpaired) electrons. The van der Waals surface area contributed by atoms with Crippen LogP contribution in [0.3, 0.4) is 0 Å². The van der Waals surface area contributed by atoms with Gasteiger partial charge in [0.2, 0.25) is 0 Å². The van der Waals surface area contributed by atoms with E-state index in [0.717, 1.165) is 0 Å². The van der Waals surface area contributed by atoms with Crippen LogP contribution in [0.2, 0.25) is 0 Å². The second-order valence-electron chi connectivity index (χ2n) is 3.46. The highest BCUT2D eigenvalue weighted by atomic mass is 19.3. The van der Waals surface area contributed by atoms with Crippen molar-refractivity contribution < 1.29 is 23.0 Å². The summed E-state index contributed by atoms with van der Waals surface area (Å²) in [5.74, 6) is -1.81. The first-order valence-corrected chi connectivity index (χ1v) is 5.03. The Labute approximate surface area is 97.3 Å². The number of carbonyl (C=O) groups excluding carboxylic acids is 1. The Bertz CT molecular complexity index is 429. The van der Waals surface area contributed by atoms with Crippen molar-refractivity contribution >= 4 is 5.97 Å². The summed E-state index contributed by atoms with van der Waals surface area (Å²) in [7, 11) is 1.59. The summed E-state index contributed by atoms with van der Waals surface area (Å²) in [6, 6.07) is 0. The monoisotopic (exact) mass is 248 g/mol. The van der Waals surface area contributed by atoms with Crippen molar-refractivity contribution in [3.05, 3.63) is 11.4 Å². The largest absolute Gasteiger partial charge is 0.502 e. The van der Waals surface area contributed by atoms with Crippen LogP contribution in [0.25, 0.3) is 0 Å². The van der Waals surface area contributed by atoms with E-state index in [1.54, 1.807) is 14.0 Å². The zero-order valence-corrected chi connectivity index (χ0v) is 10.1. The first-order valence-electron chi connectivity index (χ1n) is 5.03. The summed E-state index contributed by atoms with van der Waals surface area (Å²) in [4.78, 5) is 11.0. The van der Waals surface area contributed by atoms with Gasteiger partial charge in [-0.05, 0) is 20.8 Å². The predicted molar refractivity (Wildman–Crippen MR) is 54.9 cm³/mol. The lowest BCUT2D eigenvalue weighted by molar-refractivity contribution is -0.216. The average molecular weight is 248 g/mol. The predicted octanol–water partition coefficient (Wildman–Crippen LogP) is 1.57. The van der Waals surface area contributed by atoms with Crippen molar-refractivity contribution in [2.24, 2.45) is 7.05 Å². The summed E-state index contributed by atoms with van der Waals surface area (Å²) < 4.78 is 36.7. The molecule has 0 aliphatic rings. The number of alkyl halides is 2. The van der Waals surface area contributed by atoms with Gasteiger partial charge in [0, 0.05) is 7.05 Å². The van der Waals surface area contributed by atoms with Gasteiger partial charge in [0.1, 0.15) is 5.69 Å². The zero-order chi connectivity index (χ0) is 13.2. The van der Waals surface area contributed by atoms with Crippen molar-refractivity contribution in [2.75, 3.05) is 6.61 Å². The molecule has 0 amide bonds. The molecule has 7 heteroatoms. The van der Waals surface area contributed by atoms with Gasteiger partial charge in [-0.25, -0.2) is 4.79 Å². The van der Waals surface area contributed by atoms with Gasteiger partial charge in [-0.15, -0.1) is 0 Å². The Morgan fingerprint density at radius 1 is 1.47 bits per heavy atom. The molecule has 1 rings (SSSR count). The summed E-state index contributed by atoms with van der Waals surface area (Å²) >= 11 is 0. The molecule has 0 aliphatic carbocycles. The van der Waals surface area contributed by atoms with Gasteiger partial charge in [0.25, 0.3) is 0 Å². The van der Waals surface area contributed by atoms with Gasteiger partial charge in [0.15, 0.2) is 5.75 Å². The number of hydrogen-bond acceptors (Lipinski definition) is 4. The Morgan fingerprint density at radius 2 is 2.06 bits per heavy atom. The van der Waals surface area contributed by atoms with Gasteiger partial charge >= 0.3 is 12.1 Å². The van der Waals surface area contributed by atoms with E-state index in [9.17, 15) is 13.6 Å². The van der Waals surface area contributed by atoms with E-state index in [2.05, 4.69) is 14.6 Å².